The fourth-order valence-electron chi connectivity index (χ4n) is 13.7. The third kappa shape index (κ3) is 79.1. The maximum atomic E-state index is 13.2. The highest BCUT2D eigenvalue weighted by atomic mass is 31.2. The van der Waals surface area contributed by atoms with Crippen molar-refractivity contribution in [3.8, 4) is 0 Å². The number of unbranched alkanes of at least 4 members (excludes halogenated alkanes) is 55. The molecule has 0 aliphatic rings. The predicted molar refractivity (Wildman–Crippen MR) is 442 cm³/mol. The van der Waals surface area contributed by atoms with Crippen molar-refractivity contribution in [1.29, 1.82) is 0 Å². The molecule has 0 spiro atoms. The molecule has 3 N–H and O–H groups in total. The van der Waals surface area contributed by atoms with E-state index in [0.717, 1.165) is 115 Å². The van der Waals surface area contributed by atoms with E-state index in [9.17, 15) is 43.2 Å². The van der Waals surface area contributed by atoms with Crippen LogP contribution >= 0.6 is 15.6 Å². The third-order valence-corrected chi connectivity index (χ3v) is 23.3. The van der Waals surface area contributed by atoms with E-state index in [-0.39, 0.29) is 25.7 Å². The highest BCUT2D eigenvalue weighted by Crippen LogP contribution is 2.45. The largest absolute Gasteiger partial charge is 0.472 e. The summed E-state index contributed by atoms with van der Waals surface area (Å²) in [5.74, 6) is -0.388. The van der Waals surface area contributed by atoms with Crippen LogP contribution in [0.25, 0.3) is 0 Å². The van der Waals surface area contributed by atoms with Gasteiger partial charge in [-0.1, -0.05) is 420 Å². The number of aliphatic hydroxyl groups excluding tert-OH is 1. The Hall–Kier alpha value is -1.94. The molecular formula is C88H172O17P2. The molecule has 0 amide bonds. The summed E-state index contributed by atoms with van der Waals surface area (Å²) >= 11 is 0. The summed E-state index contributed by atoms with van der Waals surface area (Å²) in [5.41, 5.74) is 0. The van der Waals surface area contributed by atoms with Crippen LogP contribution in [0.2, 0.25) is 0 Å². The highest BCUT2D eigenvalue weighted by molar-refractivity contribution is 7.47. The molecule has 0 saturated carbocycles. The van der Waals surface area contributed by atoms with Gasteiger partial charge in [0, 0.05) is 25.7 Å². The summed E-state index contributed by atoms with van der Waals surface area (Å²) < 4.78 is 68.8. The van der Waals surface area contributed by atoms with E-state index >= 15 is 0 Å². The molecule has 0 bridgehead atoms. The molecular weight excluding hydrogens is 1390 g/mol. The van der Waals surface area contributed by atoms with E-state index in [1.807, 2.05) is 0 Å². The zero-order chi connectivity index (χ0) is 78.5. The number of carbonyl (C=O) groups is 4. The van der Waals surface area contributed by atoms with Gasteiger partial charge in [-0.05, 0) is 37.5 Å². The third-order valence-electron chi connectivity index (χ3n) is 21.4. The molecule has 0 aromatic rings. The molecule has 0 aromatic heterocycles. The summed E-state index contributed by atoms with van der Waals surface area (Å²) in [6.07, 6.45) is 72.4. The lowest BCUT2D eigenvalue weighted by Crippen LogP contribution is -2.30. The smallest absolute Gasteiger partial charge is 0.462 e. The monoisotopic (exact) mass is 1560 g/mol. The fraction of sp³-hybridized carbons (Fsp3) is 0.955. The zero-order valence-corrected chi connectivity index (χ0v) is 72.2. The maximum Gasteiger partial charge on any atom is 0.472 e. The molecule has 7 atom stereocenters. The standard InChI is InChI=1S/C88H172O17P2/c1-7-11-13-15-17-18-19-20-21-22-23-24-28-31-37-42-47-53-59-65-71-86(91)99-77-84(105-88(93)73-66-60-54-48-43-38-32-29-26-25-27-30-35-40-45-51-56-62-68-80(5)9-3)79-103-107(96,97)101-75-82(89)74-100-106(94,95)102-78-83(76-98-85(90)70-64-58-50-16-14-12-8-2)104-87(92)72-67-61-55-49-44-39-34-33-36-41-46-52-57-63-69-81(6)10-4/h80-84,89H,7-79H2,1-6H3,(H,94,95)(H,96,97)/t80?,81?,82-,83+,84+/m0/s1. The molecule has 0 aliphatic heterocycles. The first-order valence-corrected chi connectivity index (χ1v) is 48.6. The molecule has 636 valence electrons. The van der Waals surface area contributed by atoms with Crippen LogP contribution in [0.1, 0.15) is 472 Å². The second kappa shape index (κ2) is 79.3. The molecule has 0 aromatic carbocycles. The quantitative estimate of drug-likeness (QED) is 0.0222. The van der Waals surface area contributed by atoms with Gasteiger partial charge in [0.2, 0.25) is 0 Å². The average molecular weight is 1560 g/mol. The van der Waals surface area contributed by atoms with Gasteiger partial charge in [-0.15, -0.1) is 0 Å². The van der Waals surface area contributed by atoms with Gasteiger partial charge in [0.05, 0.1) is 26.4 Å². The van der Waals surface area contributed by atoms with Crippen molar-refractivity contribution >= 4 is 39.5 Å². The summed E-state index contributed by atoms with van der Waals surface area (Å²) in [7, 11) is -9.92. The summed E-state index contributed by atoms with van der Waals surface area (Å²) in [4.78, 5) is 73.1. The first kappa shape index (κ1) is 105. The Morgan fingerprint density at radius 3 is 0.664 bits per heavy atom. The van der Waals surface area contributed by atoms with Crippen molar-refractivity contribution < 1.29 is 80.2 Å². The Morgan fingerprint density at radius 1 is 0.262 bits per heavy atom. The van der Waals surface area contributed by atoms with Gasteiger partial charge in [-0.25, -0.2) is 9.13 Å². The second-order valence-electron chi connectivity index (χ2n) is 32.1. The van der Waals surface area contributed by atoms with Gasteiger partial charge in [0.25, 0.3) is 0 Å². The molecule has 0 rings (SSSR count). The molecule has 0 saturated heterocycles. The average Bonchev–Trinajstić information content (AvgIpc) is 0.903. The van der Waals surface area contributed by atoms with Crippen molar-refractivity contribution in [3.05, 3.63) is 0 Å². The van der Waals surface area contributed by atoms with Crippen LogP contribution in [0.4, 0.5) is 0 Å². The van der Waals surface area contributed by atoms with Crippen molar-refractivity contribution in [2.75, 3.05) is 39.6 Å². The molecule has 19 heteroatoms. The van der Waals surface area contributed by atoms with Crippen LogP contribution in [-0.4, -0.2) is 96.7 Å². The minimum absolute atomic E-state index is 0.108. The Balaban J connectivity index is 5.16. The first-order valence-electron chi connectivity index (χ1n) is 45.6. The minimum atomic E-state index is -4.97. The van der Waals surface area contributed by atoms with Crippen molar-refractivity contribution in [2.24, 2.45) is 11.8 Å². The number of rotatable bonds is 87. The van der Waals surface area contributed by atoms with Crippen LogP contribution in [0.5, 0.6) is 0 Å². The Morgan fingerprint density at radius 2 is 0.449 bits per heavy atom. The lowest BCUT2D eigenvalue weighted by molar-refractivity contribution is -0.161. The van der Waals surface area contributed by atoms with Gasteiger partial charge in [0.1, 0.15) is 19.3 Å². The van der Waals surface area contributed by atoms with E-state index < -0.39 is 97.5 Å². The normalized spacial score (nSPS) is 14.3. The Kier molecular flexibility index (Phi) is 77.9. The van der Waals surface area contributed by atoms with Gasteiger partial charge < -0.3 is 33.8 Å². The topological polar surface area (TPSA) is 237 Å². The van der Waals surface area contributed by atoms with Crippen LogP contribution in [0.3, 0.4) is 0 Å². The van der Waals surface area contributed by atoms with E-state index in [4.69, 9.17) is 37.0 Å². The Bertz CT molecular complexity index is 2050. The van der Waals surface area contributed by atoms with Crippen molar-refractivity contribution in [3.63, 3.8) is 0 Å². The molecule has 107 heavy (non-hydrogen) atoms. The molecule has 0 aliphatic carbocycles. The summed E-state index contributed by atoms with van der Waals surface area (Å²) in [6, 6.07) is 0. The zero-order valence-electron chi connectivity index (χ0n) is 70.5. The van der Waals surface area contributed by atoms with Gasteiger partial charge in [-0.2, -0.15) is 0 Å². The maximum absolute atomic E-state index is 13.2. The van der Waals surface area contributed by atoms with Crippen LogP contribution in [0, 0.1) is 11.8 Å². The molecule has 4 unspecified atom stereocenters. The number of hydrogen-bond acceptors (Lipinski definition) is 15. The van der Waals surface area contributed by atoms with Crippen molar-refractivity contribution in [2.45, 2.75) is 490 Å². The summed E-state index contributed by atoms with van der Waals surface area (Å²) in [5, 5.41) is 10.7. The number of esters is 4. The number of phosphoric acid groups is 2. The summed E-state index contributed by atoms with van der Waals surface area (Å²) in [6.45, 7) is 9.76. The number of ether oxygens (including phenoxy) is 4. The Labute approximate surface area is 658 Å². The van der Waals surface area contributed by atoms with Crippen molar-refractivity contribution in [1.82, 2.24) is 0 Å². The lowest BCUT2D eigenvalue weighted by atomic mass is 9.99. The molecule has 0 fully saturated rings. The molecule has 0 radical (unpaired) electrons. The van der Waals surface area contributed by atoms with E-state index in [0.29, 0.717) is 25.7 Å². The minimum Gasteiger partial charge on any atom is -0.462 e. The number of phosphoric ester groups is 2. The predicted octanol–water partition coefficient (Wildman–Crippen LogP) is 27.0. The van der Waals surface area contributed by atoms with Gasteiger partial charge in [-0.3, -0.25) is 37.3 Å². The van der Waals surface area contributed by atoms with E-state index in [1.54, 1.807) is 0 Å². The molecule has 0 heterocycles. The number of carbonyl (C=O) groups excluding carboxylic acids is 4. The number of hydrogen-bond donors (Lipinski definition) is 3. The van der Waals surface area contributed by atoms with Crippen LogP contribution in [-0.2, 0) is 65.4 Å². The fourth-order valence-corrected chi connectivity index (χ4v) is 15.3. The second-order valence-corrected chi connectivity index (χ2v) is 35.0. The first-order chi connectivity index (χ1) is 51.9. The van der Waals surface area contributed by atoms with E-state index in [2.05, 4.69) is 41.5 Å². The highest BCUT2D eigenvalue weighted by Gasteiger charge is 2.31. The van der Waals surface area contributed by atoms with E-state index in [1.165, 1.54) is 276 Å². The van der Waals surface area contributed by atoms with Gasteiger partial charge in [0.15, 0.2) is 12.2 Å². The van der Waals surface area contributed by atoms with Crippen LogP contribution < -0.4 is 0 Å². The van der Waals surface area contributed by atoms with Gasteiger partial charge >= 0.3 is 39.5 Å². The SMILES string of the molecule is CCCCCCCCCCCCCCCCCCCCCCC(=O)OC[C@H](COP(=O)(O)OC[C@@H](O)COP(=O)(O)OC[C@@H](COC(=O)CCCCCCCCC)OC(=O)CCCCCCCCCCCCCCCCC(C)CC)OC(=O)CCCCCCCCCCCCCCCCCCCCC(C)CC. The molecule has 17 nitrogen and oxygen atoms in total. The number of aliphatic hydroxyl groups is 1. The van der Waals surface area contributed by atoms with Crippen LogP contribution in [0.15, 0.2) is 0 Å². The lowest BCUT2D eigenvalue weighted by Gasteiger charge is -2.21.